The Hall–Kier alpha value is -2.04. The smallest absolute Gasteiger partial charge is 0.253 e. The first-order valence-electron chi connectivity index (χ1n) is 9.80. The number of carbonyl (C=O) groups is 2. The standard InChI is InChI=1S/C21H30N2O3/c1-16-7-11-23(12-8-16)21(25)19-3-5-20(6-4-19)26-15-18-9-13-22(14-10-18)17(2)24/h3-6,16,18H,7-15H2,1-2H3. The van der Waals surface area contributed by atoms with Crippen LogP contribution in [0.2, 0.25) is 0 Å². The van der Waals surface area contributed by atoms with Gasteiger partial charge in [-0.2, -0.15) is 0 Å². The fourth-order valence-corrected chi connectivity index (χ4v) is 3.72. The minimum Gasteiger partial charge on any atom is -0.493 e. The fraction of sp³-hybridized carbons (Fsp3) is 0.619. The van der Waals surface area contributed by atoms with Crippen LogP contribution in [0.1, 0.15) is 49.9 Å². The number of hydrogen-bond donors (Lipinski definition) is 0. The summed E-state index contributed by atoms with van der Waals surface area (Å²) in [5.74, 6) is 2.30. The van der Waals surface area contributed by atoms with Crippen LogP contribution in [0.3, 0.4) is 0 Å². The molecule has 1 aromatic rings. The highest BCUT2D eigenvalue weighted by Gasteiger charge is 2.22. The van der Waals surface area contributed by atoms with E-state index in [0.717, 1.165) is 69.1 Å². The number of benzene rings is 1. The molecule has 5 nitrogen and oxygen atoms in total. The van der Waals surface area contributed by atoms with Crippen molar-refractivity contribution in [3.05, 3.63) is 29.8 Å². The second kappa shape index (κ2) is 8.56. The van der Waals surface area contributed by atoms with Crippen LogP contribution in [0.5, 0.6) is 5.75 Å². The van der Waals surface area contributed by atoms with Gasteiger partial charge in [-0.25, -0.2) is 0 Å². The Labute approximate surface area is 156 Å². The predicted molar refractivity (Wildman–Crippen MR) is 101 cm³/mol. The van der Waals surface area contributed by atoms with Crippen molar-refractivity contribution < 1.29 is 14.3 Å². The molecule has 2 aliphatic heterocycles. The summed E-state index contributed by atoms with van der Waals surface area (Å²) in [7, 11) is 0. The van der Waals surface area contributed by atoms with Crippen LogP contribution >= 0.6 is 0 Å². The number of hydrogen-bond acceptors (Lipinski definition) is 3. The lowest BCUT2D eigenvalue weighted by molar-refractivity contribution is -0.130. The average molecular weight is 358 g/mol. The van der Waals surface area contributed by atoms with Gasteiger partial charge in [0.2, 0.25) is 5.91 Å². The van der Waals surface area contributed by atoms with Crippen LogP contribution in [-0.4, -0.2) is 54.4 Å². The maximum atomic E-state index is 12.6. The Morgan fingerprint density at radius 3 is 2.12 bits per heavy atom. The third-order valence-electron chi connectivity index (χ3n) is 5.72. The zero-order chi connectivity index (χ0) is 18.5. The molecule has 0 aromatic heterocycles. The highest BCUT2D eigenvalue weighted by Crippen LogP contribution is 2.22. The van der Waals surface area contributed by atoms with Crippen molar-refractivity contribution in [1.82, 2.24) is 9.80 Å². The number of amides is 2. The molecule has 0 saturated carbocycles. The van der Waals surface area contributed by atoms with Gasteiger partial charge in [-0.3, -0.25) is 9.59 Å². The summed E-state index contributed by atoms with van der Waals surface area (Å²) in [4.78, 5) is 27.8. The summed E-state index contributed by atoms with van der Waals surface area (Å²) in [5, 5.41) is 0. The maximum absolute atomic E-state index is 12.6. The van der Waals surface area contributed by atoms with E-state index in [2.05, 4.69) is 6.92 Å². The molecule has 0 spiro atoms. The van der Waals surface area contributed by atoms with E-state index in [-0.39, 0.29) is 11.8 Å². The monoisotopic (exact) mass is 358 g/mol. The second-order valence-electron chi connectivity index (χ2n) is 7.76. The summed E-state index contributed by atoms with van der Waals surface area (Å²) in [6.45, 7) is 7.91. The van der Waals surface area contributed by atoms with Gasteiger partial charge in [0.05, 0.1) is 6.61 Å². The van der Waals surface area contributed by atoms with Gasteiger partial charge in [-0.15, -0.1) is 0 Å². The lowest BCUT2D eigenvalue weighted by Gasteiger charge is -2.31. The van der Waals surface area contributed by atoms with Crippen molar-refractivity contribution in [3.8, 4) is 5.75 Å². The molecule has 3 rings (SSSR count). The first kappa shape index (κ1) is 18.7. The Balaban J connectivity index is 1.46. The molecule has 2 fully saturated rings. The zero-order valence-electron chi connectivity index (χ0n) is 15.9. The van der Waals surface area contributed by atoms with Gasteiger partial charge < -0.3 is 14.5 Å². The molecule has 1 aromatic carbocycles. The molecule has 2 aliphatic rings. The van der Waals surface area contributed by atoms with Gasteiger partial charge in [0.1, 0.15) is 5.75 Å². The van der Waals surface area contributed by atoms with E-state index in [1.165, 1.54) is 0 Å². The highest BCUT2D eigenvalue weighted by atomic mass is 16.5. The van der Waals surface area contributed by atoms with Crippen molar-refractivity contribution in [1.29, 1.82) is 0 Å². The van der Waals surface area contributed by atoms with Gasteiger partial charge in [0.15, 0.2) is 0 Å². The summed E-state index contributed by atoms with van der Waals surface area (Å²) in [6.07, 6.45) is 4.16. The van der Waals surface area contributed by atoms with Crippen molar-refractivity contribution in [2.24, 2.45) is 11.8 Å². The van der Waals surface area contributed by atoms with E-state index < -0.39 is 0 Å². The quantitative estimate of drug-likeness (QED) is 0.830. The van der Waals surface area contributed by atoms with Gasteiger partial charge in [-0.1, -0.05) is 6.92 Å². The van der Waals surface area contributed by atoms with Crippen molar-refractivity contribution in [2.75, 3.05) is 32.8 Å². The molecular weight excluding hydrogens is 328 g/mol. The molecule has 0 bridgehead atoms. The molecule has 0 aliphatic carbocycles. The van der Waals surface area contributed by atoms with Crippen molar-refractivity contribution >= 4 is 11.8 Å². The van der Waals surface area contributed by atoms with E-state index in [1.54, 1.807) is 6.92 Å². The van der Waals surface area contributed by atoms with Crippen LogP contribution < -0.4 is 4.74 Å². The number of ether oxygens (including phenoxy) is 1. The van der Waals surface area contributed by atoms with E-state index in [1.807, 2.05) is 34.1 Å². The molecule has 5 heteroatoms. The summed E-state index contributed by atoms with van der Waals surface area (Å²) < 4.78 is 5.91. The number of likely N-dealkylation sites (tertiary alicyclic amines) is 2. The molecule has 2 amide bonds. The highest BCUT2D eigenvalue weighted by molar-refractivity contribution is 5.94. The molecule has 142 valence electrons. The van der Waals surface area contributed by atoms with Gasteiger partial charge in [0, 0.05) is 38.7 Å². The molecular formula is C21H30N2O3. The second-order valence-corrected chi connectivity index (χ2v) is 7.76. The minimum absolute atomic E-state index is 0.125. The SMILES string of the molecule is CC(=O)N1CCC(COc2ccc(C(=O)N3CCC(C)CC3)cc2)CC1. The summed E-state index contributed by atoms with van der Waals surface area (Å²) in [6, 6.07) is 7.52. The Bertz CT molecular complexity index is 613. The van der Waals surface area contributed by atoms with Crippen molar-refractivity contribution in [3.63, 3.8) is 0 Å². The van der Waals surface area contributed by atoms with Crippen LogP contribution in [0.4, 0.5) is 0 Å². The first-order chi connectivity index (χ1) is 12.5. The Morgan fingerprint density at radius 1 is 0.962 bits per heavy atom. The van der Waals surface area contributed by atoms with E-state index in [9.17, 15) is 9.59 Å². The minimum atomic E-state index is 0.125. The Kier molecular flexibility index (Phi) is 6.17. The molecule has 2 heterocycles. The van der Waals surface area contributed by atoms with Crippen LogP contribution in [0.15, 0.2) is 24.3 Å². The fourth-order valence-electron chi connectivity index (χ4n) is 3.72. The predicted octanol–water partition coefficient (Wildman–Crippen LogP) is 3.20. The topological polar surface area (TPSA) is 49.9 Å². The summed E-state index contributed by atoms with van der Waals surface area (Å²) in [5.41, 5.74) is 0.738. The van der Waals surface area contributed by atoms with E-state index >= 15 is 0 Å². The van der Waals surface area contributed by atoms with Crippen LogP contribution in [0, 0.1) is 11.8 Å². The normalized spacial score (nSPS) is 19.5. The van der Waals surface area contributed by atoms with Gasteiger partial charge in [-0.05, 0) is 61.8 Å². The molecule has 0 atom stereocenters. The van der Waals surface area contributed by atoms with Gasteiger partial charge in [0.25, 0.3) is 5.91 Å². The largest absolute Gasteiger partial charge is 0.493 e. The number of piperidine rings is 2. The number of carbonyl (C=O) groups excluding carboxylic acids is 2. The number of rotatable bonds is 4. The van der Waals surface area contributed by atoms with Crippen LogP contribution in [-0.2, 0) is 4.79 Å². The summed E-state index contributed by atoms with van der Waals surface area (Å²) >= 11 is 0. The molecule has 0 radical (unpaired) electrons. The van der Waals surface area contributed by atoms with Crippen LogP contribution in [0.25, 0.3) is 0 Å². The number of nitrogens with zero attached hydrogens (tertiary/aromatic N) is 2. The van der Waals surface area contributed by atoms with Crippen molar-refractivity contribution in [2.45, 2.75) is 39.5 Å². The lowest BCUT2D eigenvalue weighted by atomic mass is 9.98. The average Bonchev–Trinajstić information content (AvgIpc) is 2.67. The van der Waals surface area contributed by atoms with Gasteiger partial charge >= 0.3 is 0 Å². The third kappa shape index (κ3) is 4.77. The molecule has 26 heavy (non-hydrogen) atoms. The first-order valence-corrected chi connectivity index (χ1v) is 9.80. The zero-order valence-corrected chi connectivity index (χ0v) is 15.9. The molecule has 0 N–H and O–H groups in total. The lowest BCUT2D eigenvalue weighted by Crippen LogP contribution is -2.38. The third-order valence-corrected chi connectivity index (χ3v) is 5.72. The van der Waals surface area contributed by atoms with E-state index in [4.69, 9.17) is 4.74 Å². The maximum Gasteiger partial charge on any atom is 0.253 e. The van der Waals surface area contributed by atoms with E-state index in [0.29, 0.717) is 12.5 Å². The Morgan fingerprint density at radius 2 is 1.54 bits per heavy atom. The molecule has 2 saturated heterocycles. The molecule has 0 unspecified atom stereocenters.